The number of para-hydroxylation sites is 1. The van der Waals surface area contributed by atoms with Crippen LogP contribution in [0, 0.1) is 23.7 Å². The summed E-state index contributed by atoms with van der Waals surface area (Å²) in [6, 6.07) is 6.94. The second kappa shape index (κ2) is 17.8. The zero-order valence-electron chi connectivity index (χ0n) is 30.8. The van der Waals surface area contributed by atoms with Crippen molar-refractivity contribution in [2.45, 2.75) is 115 Å². The quantitative estimate of drug-likeness (QED) is 0.122. The molecule has 58 heavy (non-hydrogen) atoms. The van der Waals surface area contributed by atoms with Crippen molar-refractivity contribution in [3.8, 4) is 23.8 Å². The number of carboxylic acid groups (broad SMARTS) is 1. The molecule has 0 spiro atoms. The van der Waals surface area contributed by atoms with E-state index >= 15 is 4.79 Å². The van der Waals surface area contributed by atoms with Crippen LogP contribution in [0.1, 0.15) is 96.4 Å². The van der Waals surface area contributed by atoms with Crippen molar-refractivity contribution >= 4 is 35.3 Å². The van der Waals surface area contributed by atoms with E-state index in [1.54, 1.807) is 23.1 Å². The molecule has 16 heteroatoms. The normalized spacial score (nSPS) is 24.9. The number of carbonyl (C=O) groups is 3. The highest BCUT2D eigenvalue weighted by atomic mass is 32.1. The SMILES string of the molecule is C.C.C#CC1(c2ccccc2OCCCC(=O)O)CCN(C(=O)[C@]2(Oc3csc(C(F)(F)F)c3)CCCN(C(=O)CC3=CN=CC4CC34C(F)(F)F)[C@@H]2CCC)CC1. The number of alkyl halides is 6. The molecule has 6 rings (SSSR count). The highest BCUT2D eigenvalue weighted by molar-refractivity contribution is 7.10. The largest absolute Gasteiger partial charge is 0.493 e. The minimum absolute atomic E-state index is 0. The van der Waals surface area contributed by atoms with Crippen LogP contribution in [0.15, 0.2) is 52.5 Å². The maximum atomic E-state index is 15.0. The molecule has 1 saturated carbocycles. The number of piperidine rings is 2. The summed E-state index contributed by atoms with van der Waals surface area (Å²) < 4.78 is 96.7. The lowest BCUT2D eigenvalue weighted by Crippen LogP contribution is -2.68. The Bertz CT molecular complexity index is 1910. The number of likely N-dealkylation sites (tertiary alicyclic amines) is 2. The van der Waals surface area contributed by atoms with Crippen LogP contribution in [0.2, 0.25) is 0 Å². The summed E-state index contributed by atoms with van der Waals surface area (Å²) in [5.74, 6) is 0.185. The standard InChI is InChI=1S/C40H43F6N3O6S.2CH4/c1-3-9-31-38(55-28-21-32(56-25-28)39(41,42)43,13-8-16-49(31)33(50)20-26-23-47-24-27-22-37(26,27)40(44,45)46)35(53)48-17-14-36(4-2,15-18-48)29-10-5-6-11-30(29)54-19-7-12-34(51)52;;/h2,5-6,10-11,21,23-25,27,31H,3,7-9,12-20,22H2,1H3,(H,51,52);2*1H4/t27?,31-,37?,38+;;/m1../s1. The maximum absolute atomic E-state index is 15.0. The van der Waals surface area contributed by atoms with E-state index in [1.807, 2.05) is 13.0 Å². The van der Waals surface area contributed by atoms with Crippen molar-refractivity contribution in [3.63, 3.8) is 0 Å². The monoisotopic (exact) mass is 839 g/mol. The van der Waals surface area contributed by atoms with Gasteiger partial charge < -0.3 is 24.4 Å². The van der Waals surface area contributed by atoms with Crippen molar-refractivity contribution < 1.29 is 55.3 Å². The van der Waals surface area contributed by atoms with Gasteiger partial charge in [-0.2, -0.15) is 26.3 Å². The molecule has 1 aromatic heterocycles. The van der Waals surface area contributed by atoms with Crippen LogP contribution in [0.3, 0.4) is 0 Å². The van der Waals surface area contributed by atoms with Crippen molar-refractivity contribution in [2.75, 3.05) is 26.2 Å². The molecular formula is C42H51F6N3O6S. The number of rotatable bonds is 13. The number of carbonyl (C=O) groups excluding carboxylic acids is 2. The fraction of sp³-hybridized carbons (Fsp3) is 0.571. The fourth-order valence-corrected chi connectivity index (χ4v) is 9.28. The van der Waals surface area contributed by atoms with Crippen molar-refractivity contribution in [1.82, 2.24) is 9.80 Å². The Kier molecular flexibility index (Phi) is 14.1. The molecule has 2 unspecified atom stereocenters. The molecule has 3 fully saturated rings. The van der Waals surface area contributed by atoms with E-state index in [2.05, 4.69) is 10.9 Å². The summed E-state index contributed by atoms with van der Waals surface area (Å²) in [5, 5.41) is 10.2. The van der Waals surface area contributed by atoms with Crippen LogP contribution >= 0.6 is 11.3 Å². The van der Waals surface area contributed by atoms with Crippen LogP contribution in [-0.4, -0.2) is 83.0 Å². The molecule has 1 aliphatic carbocycles. The molecule has 2 aromatic rings. The molecule has 1 N–H and O–H groups in total. The van der Waals surface area contributed by atoms with Gasteiger partial charge in [-0.25, -0.2) is 0 Å². The first-order chi connectivity index (χ1) is 26.5. The number of aliphatic imine (C=N–C) groups is 1. The lowest BCUT2D eigenvalue weighted by Gasteiger charge is -2.51. The van der Waals surface area contributed by atoms with Crippen LogP contribution in [-0.2, 0) is 26.0 Å². The van der Waals surface area contributed by atoms with Gasteiger partial charge >= 0.3 is 18.3 Å². The van der Waals surface area contributed by atoms with Crippen molar-refractivity contribution in [2.24, 2.45) is 16.3 Å². The first-order valence-corrected chi connectivity index (χ1v) is 19.5. The van der Waals surface area contributed by atoms with Gasteiger partial charge in [-0.15, -0.1) is 17.8 Å². The average molecular weight is 840 g/mol. The van der Waals surface area contributed by atoms with E-state index < -0.39 is 69.8 Å². The predicted octanol–water partition coefficient (Wildman–Crippen LogP) is 9.31. The van der Waals surface area contributed by atoms with E-state index in [4.69, 9.17) is 21.0 Å². The first kappa shape index (κ1) is 46.2. The highest BCUT2D eigenvalue weighted by Crippen LogP contribution is 2.67. The molecule has 0 bridgehead atoms. The van der Waals surface area contributed by atoms with Gasteiger partial charge in [-0.05, 0) is 50.2 Å². The number of terminal acetylenes is 1. The Morgan fingerprint density at radius 2 is 1.78 bits per heavy atom. The van der Waals surface area contributed by atoms with Gasteiger partial charge in [0.25, 0.3) is 5.91 Å². The molecular weight excluding hydrogens is 789 g/mol. The molecule has 2 amide bonds. The predicted molar refractivity (Wildman–Crippen MR) is 209 cm³/mol. The maximum Gasteiger partial charge on any atom is 0.425 e. The summed E-state index contributed by atoms with van der Waals surface area (Å²) >= 11 is 0.407. The molecule has 9 nitrogen and oxygen atoms in total. The molecule has 3 aliphatic heterocycles. The lowest BCUT2D eigenvalue weighted by atomic mass is 9.72. The number of benzene rings is 1. The van der Waals surface area contributed by atoms with Crippen LogP contribution in [0.4, 0.5) is 26.3 Å². The van der Waals surface area contributed by atoms with Crippen molar-refractivity contribution in [3.05, 3.63) is 57.9 Å². The van der Waals surface area contributed by atoms with E-state index in [0.717, 1.165) is 12.3 Å². The molecule has 1 aromatic carbocycles. The molecule has 4 aliphatic rings. The van der Waals surface area contributed by atoms with E-state index in [-0.39, 0.29) is 104 Å². The Labute approximate surface area is 339 Å². The zero-order chi connectivity index (χ0) is 40.5. The van der Waals surface area contributed by atoms with Gasteiger partial charge in [0, 0.05) is 67.8 Å². The smallest absolute Gasteiger partial charge is 0.425 e. The second-order valence-electron chi connectivity index (χ2n) is 14.9. The number of fused-ring (bicyclic) bond motifs is 1. The molecule has 4 heterocycles. The molecule has 2 saturated heterocycles. The van der Waals surface area contributed by atoms with Gasteiger partial charge in [-0.3, -0.25) is 19.4 Å². The zero-order valence-corrected chi connectivity index (χ0v) is 31.6. The van der Waals surface area contributed by atoms with E-state index in [1.165, 1.54) is 16.5 Å². The van der Waals surface area contributed by atoms with Gasteiger partial charge in [0.1, 0.15) is 16.4 Å². The summed E-state index contributed by atoms with van der Waals surface area (Å²) in [6.07, 6.45) is 0.0512. The van der Waals surface area contributed by atoms with Gasteiger partial charge in [-0.1, -0.05) is 52.3 Å². The number of nitrogens with zero attached hydrogens (tertiary/aromatic N) is 3. The molecule has 318 valence electrons. The summed E-state index contributed by atoms with van der Waals surface area (Å²) in [5.41, 5.74) is -4.37. The van der Waals surface area contributed by atoms with Crippen LogP contribution in [0.25, 0.3) is 0 Å². The van der Waals surface area contributed by atoms with Crippen LogP contribution in [0.5, 0.6) is 11.5 Å². The third kappa shape index (κ3) is 8.74. The number of aliphatic carboxylic acids is 1. The van der Waals surface area contributed by atoms with Gasteiger partial charge in [0.2, 0.25) is 11.5 Å². The topological polar surface area (TPSA) is 109 Å². The number of halogens is 6. The third-order valence-electron chi connectivity index (χ3n) is 11.6. The summed E-state index contributed by atoms with van der Waals surface area (Å²) in [7, 11) is 0. The first-order valence-electron chi connectivity index (χ1n) is 18.7. The summed E-state index contributed by atoms with van der Waals surface area (Å²) in [6.45, 7) is 2.30. The second-order valence-corrected chi connectivity index (χ2v) is 15.8. The fourth-order valence-electron chi connectivity index (χ4n) is 8.60. The van der Waals surface area contributed by atoms with Gasteiger partial charge in [0.05, 0.1) is 29.9 Å². The minimum Gasteiger partial charge on any atom is -0.493 e. The van der Waals surface area contributed by atoms with Gasteiger partial charge in [0.15, 0.2) is 0 Å². The minimum atomic E-state index is -4.67. The summed E-state index contributed by atoms with van der Waals surface area (Å²) in [4.78, 5) is 46.2. The van der Waals surface area contributed by atoms with E-state index in [0.29, 0.717) is 29.1 Å². The number of ether oxygens (including phenoxy) is 2. The third-order valence-corrected chi connectivity index (χ3v) is 12.5. The number of hydrogen-bond donors (Lipinski definition) is 1. The number of amides is 2. The Hall–Kier alpha value is -4.52. The van der Waals surface area contributed by atoms with Crippen LogP contribution < -0.4 is 9.47 Å². The van der Waals surface area contributed by atoms with E-state index in [9.17, 15) is 35.9 Å². The number of carboxylic acids is 1. The van der Waals surface area contributed by atoms with Crippen molar-refractivity contribution in [1.29, 1.82) is 0 Å². The highest BCUT2D eigenvalue weighted by Gasteiger charge is 2.72. The average Bonchev–Trinajstić information content (AvgIpc) is 3.77. The number of thiophene rings is 1. The Balaban J connectivity index is 0.00000372. The number of hydrogen-bond acceptors (Lipinski definition) is 7. The molecule has 0 radical (unpaired) electrons. The Morgan fingerprint density at radius 1 is 1.07 bits per heavy atom. The lowest BCUT2D eigenvalue weighted by molar-refractivity contribution is -0.179. The Morgan fingerprint density at radius 3 is 2.40 bits per heavy atom. The molecule has 4 atom stereocenters.